The van der Waals surface area contributed by atoms with Crippen LogP contribution >= 0.6 is 0 Å². The molecule has 4 bridgehead atoms. The van der Waals surface area contributed by atoms with Crippen molar-refractivity contribution in [3.8, 4) is 34.1 Å². The molecule has 4 saturated carbocycles. The van der Waals surface area contributed by atoms with Gasteiger partial charge in [0.1, 0.15) is 6.10 Å². The number of methoxy groups -OCH3 is 4. The minimum absolute atomic E-state index is 0.0531. The first-order chi connectivity index (χ1) is 22.8. The third-order valence-corrected chi connectivity index (χ3v) is 11.0. The van der Waals surface area contributed by atoms with Crippen molar-refractivity contribution in [2.45, 2.75) is 95.6 Å². The molecule has 5 aliphatic rings. The Bertz CT molecular complexity index is 1510. The number of rotatable bonds is 13. The molecule has 0 saturated heterocycles. The van der Waals surface area contributed by atoms with Gasteiger partial charge in [-0.3, -0.25) is 14.4 Å². The van der Waals surface area contributed by atoms with Crippen LogP contribution in [-0.2, 0) is 20.7 Å². The summed E-state index contributed by atoms with van der Waals surface area (Å²) in [6.45, 7) is 0. The number of hydrogen-bond acceptors (Lipinski definition) is 8. The predicted molar refractivity (Wildman–Crippen MR) is 178 cm³/mol. The van der Waals surface area contributed by atoms with Crippen LogP contribution in [0.25, 0.3) is 11.1 Å². The zero-order chi connectivity index (χ0) is 33.1. The molecule has 9 heteroatoms. The Balaban J connectivity index is 1.05. The molecule has 0 aliphatic heterocycles. The fraction of sp³-hybridized carbons (Fsp3) is 0.605. The molecule has 1 N–H and O–H groups in total. The average molecular weight is 648 g/mol. The summed E-state index contributed by atoms with van der Waals surface area (Å²) < 4.78 is 28.5. The number of hydrogen-bond donors (Lipinski definition) is 1. The van der Waals surface area contributed by atoms with Gasteiger partial charge >= 0.3 is 5.97 Å². The Labute approximate surface area is 277 Å². The zero-order valence-corrected chi connectivity index (χ0v) is 28.2. The molecule has 9 nitrogen and oxygen atoms in total. The van der Waals surface area contributed by atoms with Gasteiger partial charge in [-0.15, -0.1) is 0 Å². The van der Waals surface area contributed by atoms with E-state index in [1.54, 1.807) is 33.5 Å². The van der Waals surface area contributed by atoms with E-state index in [0.29, 0.717) is 60.3 Å². The van der Waals surface area contributed by atoms with Crippen LogP contribution in [0.4, 0.5) is 0 Å². The highest BCUT2D eigenvalue weighted by atomic mass is 16.5. The van der Waals surface area contributed by atoms with Crippen LogP contribution in [0.1, 0.15) is 94.2 Å². The standard InChI is InChI=1S/C38H49NO8/c1-43-31-14-12-27-28(21-30(31)40)29(13-11-24-20-32(44-2)37(45-3)38(46-4)35(24)27)39-33(41)9-7-5-6-8-10-34(42)47-36-25-16-22-15-23(18-25)19-26(36)17-22/h12,14,20-23,25-26,29,36H,5-11,13,15-19H2,1-4H3,(H,39,41)/t22?,23?,25?,26?,29-,36?/m0/s1. The molecule has 0 unspecified atom stereocenters. The smallest absolute Gasteiger partial charge is 0.306 e. The number of ether oxygens (including phenoxy) is 5. The summed E-state index contributed by atoms with van der Waals surface area (Å²) in [7, 11) is 6.19. The van der Waals surface area contributed by atoms with Crippen LogP contribution in [0, 0.1) is 23.7 Å². The van der Waals surface area contributed by atoms with E-state index in [9.17, 15) is 14.4 Å². The van der Waals surface area contributed by atoms with E-state index >= 15 is 0 Å². The lowest BCUT2D eigenvalue weighted by Gasteiger charge is -2.53. The van der Waals surface area contributed by atoms with Crippen LogP contribution in [0.3, 0.4) is 0 Å². The number of carbonyl (C=O) groups is 2. The maximum absolute atomic E-state index is 13.2. The molecule has 254 valence electrons. The molecular weight excluding hydrogens is 598 g/mol. The number of carbonyl (C=O) groups excluding carboxylic acids is 2. The lowest BCUT2D eigenvalue weighted by Crippen LogP contribution is -2.50. The number of esters is 1. The van der Waals surface area contributed by atoms with Crippen molar-refractivity contribution in [3.05, 3.63) is 45.6 Å². The SMILES string of the molecule is COc1cc2c(c(OC)c1OC)-c1ccc(OC)c(=O)cc1[C@@H](NC(=O)CCCCCCC(=O)OC1C3CC4CC(C3)CC1C4)CC2. The number of fused-ring (bicyclic) bond motifs is 3. The summed E-state index contributed by atoms with van der Waals surface area (Å²) in [6, 6.07) is 6.61. The third-order valence-electron chi connectivity index (χ3n) is 11.0. The third kappa shape index (κ3) is 6.95. The van der Waals surface area contributed by atoms with Gasteiger partial charge in [0.2, 0.25) is 17.1 Å². The van der Waals surface area contributed by atoms with E-state index in [4.69, 9.17) is 23.7 Å². The summed E-state index contributed by atoms with van der Waals surface area (Å²) in [5.74, 6) is 4.52. The number of benzene rings is 1. The molecule has 0 radical (unpaired) electrons. The lowest BCUT2D eigenvalue weighted by molar-refractivity contribution is -0.170. The number of amides is 1. The van der Waals surface area contributed by atoms with E-state index in [2.05, 4.69) is 5.32 Å². The van der Waals surface area contributed by atoms with Crippen LogP contribution in [0.2, 0.25) is 0 Å². The second-order valence-electron chi connectivity index (χ2n) is 13.9. The molecule has 0 aromatic heterocycles. The number of unbranched alkanes of at least 4 members (excludes halogenated alkanes) is 3. The van der Waals surface area contributed by atoms with Gasteiger partial charge < -0.3 is 29.0 Å². The summed E-state index contributed by atoms with van der Waals surface area (Å²) in [4.78, 5) is 39.0. The Morgan fingerprint density at radius 3 is 2.06 bits per heavy atom. The molecule has 5 aliphatic carbocycles. The molecule has 1 atom stereocenters. The molecule has 7 rings (SSSR count). The van der Waals surface area contributed by atoms with Crippen molar-refractivity contribution in [2.75, 3.05) is 28.4 Å². The van der Waals surface area contributed by atoms with Gasteiger partial charge in [0.05, 0.1) is 34.5 Å². The van der Waals surface area contributed by atoms with Crippen LogP contribution < -0.4 is 29.7 Å². The predicted octanol–water partition coefficient (Wildman–Crippen LogP) is 6.56. The Morgan fingerprint density at radius 1 is 0.766 bits per heavy atom. The first-order valence-corrected chi connectivity index (χ1v) is 17.4. The summed E-state index contributed by atoms with van der Waals surface area (Å²) in [5.41, 5.74) is 2.97. The van der Waals surface area contributed by atoms with E-state index in [-0.39, 0.29) is 29.2 Å². The van der Waals surface area contributed by atoms with E-state index in [1.807, 2.05) is 12.1 Å². The van der Waals surface area contributed by atoms with Crippen molar-refractivity contribution in [1.82, 2.24) is 5.32 Å². The second kappa shape index (κ2) is 14.6. The molecule has 1 amide bonds. The van der Waals surface area contributed by atoms with E-state index in [0.717, 1.165) is 54.2 Å². The van der Waals surface area contributed by atoms with Gasteiger partial charge in [-0.05, 0) is 116 Å². The van der Waals surface area contributed by atoms with Crippen molar-refractivity contribution in [2.24, 2.45) is 23.7 Å². The maximum atomic E-state index is 13.2. The highest BCUT2D eigenvalue weighted by Crippen LogP contribution is 2.55. The summed E-state index contributed by atoms with van der Waals surface area (Å²) >= 11 is 0. The molecule has 2 aromatic rings. The highest BCUT2D eigenvalue weighted by Gasteiger charge is 2.49. The van der Waals surface area contributed by atoms with Gasteiger partial charge in [-0.25, -0.2) is 0 Å². The van der Waals surface area contributed by atoms with Crippen LogP contribution in [-0.4, -0.2) is 46.4 Å². The maximum Gasteiger partial charge on any atom is 0.306 e. The van der Waals surface area contributed by atoms with Crippen molar-refractivity contribution in [3.63, 3.8) is 0 Å². The molecule has 2 aromatic carbocycles. The summed E-state index contributed by atoms with van der Waals surface area (Å²) in [6.07, 6.45) is 11.8. The van der Waals surface area contributed by atoms with Gasteiger partial charge in [-0.1, -0.05) is 18.9 Å². The zero-order valence-electron chi connectivity index (χ0n) is 28.2. The summed E-state index contributed by atoms with van der Waals surface area (Å²) in [5, 5.41) is 3.21. The minimum atomic E-state index is -0.392. The van der Waals surface area contributed by atoms with Crippen LogP contribution in [0.5, 0.6) is 23.0 Å². The van der Waals surface area contributed by atoms with Crippen molar-refractivity contribution in [1.29, 1.82) is 0 Å². The monoisotopic (exact) mass is 647 g/mol. The first-order valence-electron chi connectivity index (χ1n) is 17.4. The normalized spacial score (nSPS) is 25.2. The largest absolute Gasteiger partial charge is 0.493 e. The van der Waals surface area contributed by atoms with Crippen molar-refractivity contribution >= 4 is 11.9 Å². The molecular formula is C38H49NO8. The fourth-order valence-electron chi connectivity index (χ4n) is 9.07. The molecule has 47 heavy (non-hydrogen) atoms. The van der Waals surface area contributed by atoms with Crippen LogP contribution in [0.15, 0.2) is 29.1 Å². The highest BCUT2D eigenvalue weighted by molar-refractivity contribution is 5.83. The van der Waals surface area contributed by atoms with Gasteiger partial charge in [0, 0.05) is 18.4 Å². The molecule has 0 spiro atoms. The fourth-order valence-corrected chi connectivity index (χ4v) is 9.07. The number of aryl methyl sites for hydroxylation is 1. The van der Waals surface area contributed by atoms with Gasteiger partial charge in [0.25, 0.3) is 0 Å². The minimum Gasteiger partial charge on any atom is -0.493 e. The Kier molecular flexibility index (Phi) is 10.3. The molecule has 0 heterocycles. The van der Waals surface area contributed by atoms with Gasteiger partial charge in [-0.2, -0.15) is 0 Å². The quantitative estimate of drug-likeness (QED) is 0.192. The van der Waals surface area contributed by atoms with Gasteiger partial charge in [0.15, 0.2) is 17.2 Å². The lowest BCUT2D eigenvalue weighted by atomic mass is 9.55. The Hall–Kier alpha value is -3.75. The molecule has 4 fully saturated rings. The van der Waals surface area contributed by atoms with Crippen molar-refractivity contribution < 1.29 is 33.3 Å². The topological polar surface area (TPSA) is 109 Å². The average Bonchev–Trinajstić information content (AvgIpc) is 3.31. The first kappa shape index (κ1) is 33.2. The Morgan fingerprint density at radius 2 is 1.43 bits per heavy atom. The number of nitrogens with one attached hydrogen (secondary N) is 1. The van der Waals surface area contributed by atoms with E-state index in [1.165, 1.54) is 39.2 Å². The second-order valence-corrected chi connectivity index (χ2v) is 13.9. The van der Waals surface area contributed by atoms with E-state index < -0.39 is 6.04 Å².